The Kier molecular flexibility index (Phi) is 3.71. The SMILES string of the molecule is CCCN(C)c1ncncc1I. The summed E-state index contributed by atoms with van der Waals surface area (Å²) in [5.41, 5.74) is 0. The van der Waals surface area contributed by atoms with E-state index in [1.807, 2.05) is 13.2 Å². The number of rotatable bonds is 3. The third-order valence-corrected chi connectivity index (χ3v) is 2.33. The quantitative estimate of drug-likeness (QED) is 0.790. The summed E-state index contributed by atoms with van der Waals surface area (Å²) in [6.07, 6.45) is 4.55. The maximum absolute atomic E-state index is 4.20. The second kappa shape index (κ2) is 4.59. The maximum atomic E-state index is 4.20. The second-order valence-corrected chi connectivity index (χ2v) is 3.78. The molecule has 0 spiro atoms. The molecule has 0 aliphatic rings. The van der Waals surface area contributed by atoms with Crippen molar-refractivity contribution in [2.24, 2.45) is 0 Å². The predicted molar refractivity (Wildman–Crippen MR) is 58.3 cm³/mol. The van der Waals surface area contributed by atoms with Gasteiger partial charge in [0.2, 0.25) is 0 Å². The minimum Gasteiger partial charge on any atom is -0.359 e. The molecule has 0 radical (unpaired) electrons. The zero-order valence-electron chi connectivity index (χ0n) is 7.29. The van der Waals surface area contributed by atoms with Crippen molar-refractivity contribution in [2.45, 2.75) is 13.3 Å². The average Bonchev–Trinajstić information content (AvgIpc) is 2.05. The van der Waals surface area contributed by atoms with Crippen LogP contribution >= 0.6 is 22.6 Å². The van der Waals surface area contributed by atoms with Gasteiger partial charge in [0.25, 0.3) is 0 Å². The first-order chi connectivity index (χ1) is 5.75. The van der Waals surface area contributed by atoms with Gasteiger partial charge in [0.05, 0.1) is 3.57 Å². The molecule has 0 atom stereocenters. The van der Waals surface area contributed by atoms with E-state index in [2.05, 4.69) is 44.4 Å². The lowest BCUT2D eigenvalue weighted by Crippen LogP contribution is -2.20. The fourth-order valence-corrected chi connectivity index (χ4v) is 1.74. The van der Waals surface area contributed by atoms with Crippen molar-refractivity contribution in [2.75, 3.05) is 18.5 Å². The number of hydrogen-bond acceptors (Lipinski definition) is 3. The van der Waals surface area contributed by atoms with E-state index < -0.39 is 0 Å². The topological polar surface area (TPSA) is 29.0 Å². The molecule has 0 aliphatic heterocycles. The summed E-state index contributed by atoms with van der Waals surface area (Å²) >= 11 is 2.25. The standard InChI is InChI=1S/C8H12IN3/c1-3-4-12(2)8-7(9)5-10-6-11-8/h5-6H,3-4H2,1-2H3. The fraction of sp³-hybridized carbons (Fsp3) is 0.500. The van der Waals surface area contributed by atoms with Gasteiger partial charge >= 0.3 is 0 Å². The van der Waals surface area contributed by atoms with Crippen LogP contribution in [0, 0.1) is 3.57 Å². The predicted octanol–water partition coefficient (Wildman–Crippen LogP) is 1.93. The second-order valence-electron chi connectivity index (χ2n) is 2.62. The maximum Gasteiger partial charge on any atom is 0.145 e. The molecule has 0 fully saturated rings. The lowest BCUT2D eigenvalue weighted by molar-refractivity contribution is 0.831. The van der Waals surface area contributed by atoms with Crippen molar-refractivity contribution in [1.29, 1.82) is 0 Å². The van der Waals surface area contributed by atoms with Gasteiger partial charge in [0, 0.05) is 19.8 Å². The third-order valence-electron chi connectivity index (χ3n) is 1.57. The number of halogens is 1. The molecule has 1 rings (SSSR count). The van der Waals surface area contributed by atoms with E-state index in [9.17, 15) is 0 Å². The lowest BCUT2D eigenvalue weighted by Gasteiger charge is -2.17. The van der Waals surface area contributed by atoms with Crippen LogP contribution in [0.15, 0.2) is 12.5 Å². The normalized spacial score (nSPS) is 9.92. The van der Waals surface area contributed by atoms with Gasteiger partial charge < -0.3 is 4.90 Å². The highest BCUT2D eigenvalue weighted by molar-refractivity contribution is 14.1. The first-order valence-corrected chi connectivity index (χ1v) is 5.00. The third kappa shape index (κ3) is 2.30. The van der Waals surface area contributed by atoms with Crippen molar-refractivity contribution >= 4 is 28.4 Å². The van der Waals surface area contributed by atoms with E-state index in [1.54, 1.807) is 6.33 Å². The average molecular weight is 277 g/mol. The van der Waals surface area contributed by atoms with Gasteiger partial charge in [-0.15, -0.1) is 0 Å². The van der Waals surface area contributed by atoms with Crippen LogP contribution in [-0.4, -0.2) is 23.6 Å². The summed E-state index contributed by atoms with van der Waals surface area (Å²) in [7, 11) is 2.05. The van der Waals surface area contributed by atoms with E-state index in [0.29, 0.717) is 0 Å². The van der Waals surface area contributed by atoms with Gasteiger partial charge in [-0.25, -0.2) is 9.97 Å². The minimum absolute atomic E-state index is 1.02. The molecule has 12 heavy (non-hydrogen) atoms. The van der Waals surface area contributed by atoms with Gasteiger partial charge in [-0.1, -0.05) is 6.92 Å². The summed E-state index contributed by atoms with van der Waals surface area (Å²) in [5.74, 6) is 1.02. The molecule has 0 aliphatic carbocycles. The van der Waals surface area contributed by atoms with Gasteiger partial charge in [0.15, 0.2) is 0 Å². The van der Waals surface area contributed by atoms with Crippen LogP contribution in [-0.2, 0) is 0 Å². The van der Waals surface area contributed by atoms with Crippen LogP contribution in [0.25, 0.3) is 0 Å². The molecule has 0 saturated heterocycles. The first-order valence-electron chi connectivity index (χ1n) is 3.92. The van der Waals surface area contributed by atoms with Crippen molar-refractivity contribution in [3.63, 3.8) is 0 Å². The molecule has 0 saturated carbocycles. The number of hydrogen-bond donors (Lipinski definition) is 0. The Balaban J connectivity index is 2.79. The Morgan fingerprint density at radius 1 is 1.58 bits per heavy atom. The highest BCUT2D eigenvalue weighted by Crippen LogP contribution is 2.16. The Labute approximate surface area is 86.4 Å². The highest BCUT2D eigenvalue weighted by Gasteiger charge is 2.04. The van der Waals surface area contributed by atoms with Crippen LogP contribution in [0.1, 0.15) is 13.3 Å². The Hall–Kier alpha value is -0.390. The largest absolute Gasteiger partial charge is 0.359 e. The van der Waals surface area contributed by atoms with Crippen LogP contribution in [0.4, 0.5) is 5.82 Å². The van der Waals surface area contributed by atoms with Crippen LogP contribution in [0.2, 0.25) is 0 Å². The van der Waals surface area contributed by atoms with Crippen molar-refractivity contribution in [3.8, 4) is 0 Å². The summed E-state index contributed by atoms with van der Waals surface area (Å²) < 4.78 is 1.10. The van der Waals surface area contributed by atoms with Gasteiger partial charge in [-0.2, -0.15) is 0 Å². The van der Waals surface area contributed by atoms with E-state index in [-0.39, 0.29) is 0 Å². The van der Waals surface area contributed by atoms with Gasteiger partial charge in [0.1, 0.15) is 12.1 Å². The summed E-state index contributed by atoms with van der Waals surface area (Å²) in [4.78, 5) is 10.3. The molecule has 1 heterocycles. The zero-order valence-corrected chi connectivity index (χ0v) is 9.45. The molecule has 1 aromatic heterocycles. The zero-order chi connectivity index (χ0) is 8.97. The minimum atomic E-state index is 1.02. The Bertz CT molecular complexity index is 252. The molecule has 4 heteroatoms. The number of aromatic nitrogens is 2. The van der Waals surface area contributed by atoms with E-state index in [4.69, 9.17) is 0 Å². The van der Waals surface area contributed by atoms with Crippen molar-refractivity contribution in [3.05, 3.63) is 16.1 Å². The summed E-state index contributed by atoms with van der Waals surface area (Å²) in [6.45, 7) is 3.19. The van der Waals surface area contributed by atoms with Crippen LogP contribution in [0.3, 0.4) is 0 Å². The van der Waals surface area contributed by atoms with Crippen molar-refractivity contribution in [1.82, 2.24) is 9.97 Å². The number of anilines is 1. The molecular weight excluding hydrogens is 265 g/mol. The highest BCUT2D eigenvalue weighted by atomic mass is 127. The van der Waals surface area contributed by atoms with Crippen LogP contribution < -0.4 is 4.90 Å². The monoisotopic (exact) mass is 277 g/mol. The lowest BCUT2D eigenvalue weighted by atomic mass is 10.4. The van der Waals surface area contributed by atoms with Crippen LogP contribution in [0.5, 0.6) is 0 Å². The van der Waals surface area contributed by atoms with Gasteiger partial charge in [-0.05, 0) is 29.0 Å². The molecule has 66 valence electrons. The molecule has 0 amide bonds. The van der Waals surface area contributed by atoms with E-state index in [1.165, 1.54) is 0 Å². The number of nitrogens with zero attached hydrogens (tertiary/aromatic N) is 3. The molecule has 0 bridgehead atoms. The molecule has 1 aromatic rings. The van der Waals surface area contributed by atoms with E-state index >= 15 is 0 Å². The van der Waals surface area contributed by atoms with Crippen molar-refractivity contribution < 1.29 is 0 Å². The summed E-state index contributed by atoms with van der Waals surface area (Å²) in [5, 5.41) is 0. The summed E-state index contributed by atoms with van der Waals surface area (Å²) in [6, 6.07) is 0. The Morgan fingerprint density at radius 3 is 2.92 bits per heavy atom. The molecule has 3 nitrogen and oxygen atoms in total. The fourth-order valence-electron chi connectivity index (χ4n) is 1.03. The molecule has 0 aromatic carbocycles. The smallest absolute Gasteiger partial charge is 0.145 e. The first kappa shape index (κ1) is 9.70. The molecule has 0 unspecified atom stereocenters. The van der Waals surface area contributed by atoms with Gasteiger partial charge in [-0.3, -0.25) is 0 Å². The molecule has 0 N–H and O–H groups in total. The van der Waals surface area contributed by atoms with E-state index in [0.717, 1.165) is 22.4 Å². The Morgan fingerprint density at radius 2 is 2.33 bits per heavy atom. The molecular formula is C8H12IN3.